The van der Waals surface area contributed by atoms with E-state index in [9.17, 15) is 0 Å². The fraction of sp³-hybridized carbons (Fsp3) is 0. The van der Waals surface area contributed by atoms with Gasteiger partial charge in [-0.05, 0) is 0 Å². The monoisotopic (exact) mass is 898 g/mol. The molecule has 0 heterocycles. The summed E-state index contributed by atoms with van der Waals surface area (Å²) in [4.78, 5) is 0. The first-order valence-electron chi connectivity index (χ1n) is 0. The Morgan fingerprint density at radius 2 is 0.333 bits per heavy atom. The summed E-state index contributed by atoms with van der Waals surface area (Å²) in [6.45, 7) is 0. The van der Waals surface area contributed by atoms with Crippen molar-refractivity contribution in [2.24, 2.45) is 0 Å². The Morgan fingerprint density at radius 1 is 0.333 bits per heavy atom. The summed E-state index contributed by atoms with van der Waals surface area (Å²) in [5, 5.41) is 0. The molecule has 0 N–H and O–H groups in total. The van der Waals surface area contributed by atoms with E-state index in [0.717, 1.165) is 0 Å². The molecule has 0 fully saturated rings. The largest absolute Gasteiger partial charge is 2.00 e. The molecule has 0 aromatic carbocycles. The summed E-state index contributed by atoms with van der Waals surface area (Å²) in [6, 6.07) is 0. The third-order valence-electron chi connectivity index (χ3n) is 0. The number of halogens is 4. The van der Waals surface area contributed by atoms with Gasteiger partial charge in [-0.15, -0.1) is 0 Å². The fourth-order valence-corrected chi connectivity index (χ4v) is 0. The molecule has 0 radical (unpaired) electrons. The van der Waals surface area contributed by atoms with E-state index in [2.05, 4.69) is 0 Å². The summed E-state index contributed by atoms with van der Waals surface area (Å²) < 4.78 is 0. The predicted molar refractivity (Wildman–Crippen MR) is 0 cm³/mol. The topological polar surface area (TPSA) is 0 Å². The second-order valence-electron chi connectivity index (χ2n) is 0. The Kier molecular flexibility index (Phi) is 278. The van der Waals surface area contributed by atoms with Gasteiger partial charge >= 0.3 is 42.1 Å². The number of hydrogen-bond acceptors (Lipinski definition) is 0. The molecule has 0 spiro atoms. The summed E-state index contributed by atoms with van der Waals surface area (Å²) in [5.41, 5.74) is 0. The smallest absolute Gasteiger partial charge is 1.00 e. The van der Waals surface area contributed by atoms with E-state index in [1.54, 1.807) is 0 Å². The molecule has 0 amide bonds. The average Bonchev–Trinajstić information content (AvgIpc) is 0. The van der Waals surface area contributed by atoms with E-state index in [1.165, 1.54) is 0 Å². The first-order valence-corrected chi connectivity index (χ1v) is 0. The van der Waals surface area contributed by atoms with Crippen LogP contribution < -0.4 is 95.9 Å². The van der Waals surface area contributed by atoms with Gasteiger partial charge in [-0.2, -0.15) is 0 Å². The van der Waals surface area contributed by atoms with Crippen LogP contribution in [0.4, 0.5) is 0 Å². The van der Waals surface area contributed by atoms with E-state index in [-0.39, 0.29) is 138 Å². The molecule has 0 unspecified atom stereocenters. The van der Waals surface area contributed by atoms with E-state index in [4.69, 9.17) is 0 Å². The van der Waals surface area contributed by atoms with Crippen molar-refractivity contribution in [2.45, 2.75) is 0 Å². The minimum absolute atomic E-state index is 0. The molecule has 6 heteroatoms. The van der Waals surface area contributed by atoms with Crippen molar-refractivity contribution in [3.63, 3.8) is 0 Å². The quantitative estimate of drug-likeness (QED) is 0.213. The Morgan fingerprint density at radius 3 is 0.333 bits per heavy atom. The van der Waals surface area contributed by atoms with Gasteiger partial charge in [0.15, 0.2) is 0 Å². The van der Waals surface area contributed by atoms with Crippen LogP contribution in [0.5, 0.6) is 0 Å². The first-order chi connectivity index (χ1) is 0. The van der Waals surface area contributed by atoms with Gasteiger partial charge in [0.1, 0.15) is 0 Å². The molecule has 0 aliphatic rings. The standard InChI is InChI=1S/4HI.2Pt/h4*1H;;/q;;;;2*+2/p-4. The molecule has 6 heavy (non-hydrogen) atoms. The number of hydrogen-bond donors (Lipinski definition) is 0. The summed E-state index contributed by atoms with van der Waals surface area (Å²) >= 11 is 0. The van der Waals surface area contributed by atoms with E-state index < -0.39 is 0 Å². The van der Waals surface area contributed by atoms with Crippen LogP contribution in [0.15, 0.2) is 0 Å². The molecular weight excluding hydrogens is 898 g/mol. The van der Waals surface area contributed by atoms with E-state index in [0.29, 0.717) is 0 Å². The molecule has 0 nitrogen and oxygen atoms in total. The maximum absolute atomic E-state index is 0. The van der Waals surface area contributed by atoms with Gasteiger partial charge in [-0.25, -0.2) is 0 Å². The zero-order valence-corrected chi connectivity index (χ0v) is 15.3. The molecule has 0 saturated heterocycles. The second-order valence-corrected chi connectivity index (χ2v) is 0. The Labute approximate surface area is 135 Å². The Bertz CT molecular complexity index is 5.51. The van der Waals surface area contributed by atoms with E-state index in [1.807, 2.05) is 0 Å². The third kappa shape index (κ3) is 23.9. The third-order valence-corrected chi connectivity index (χ3v) is 0. The molecule has 0 bridgehead atoms. The van der Waals surface area contributed by atoms with Crippen molar-refractivity contribution in [3.8, 4) is 0 Å². The zero-order valence-electron chi connectivity index (χ0n) is 2.14. The van der Waals surface area contributed by atoms with Crippen LogP contribution in [0.1, 0.15) is 0 Å². The SMILES string of the molecule is [I-].[I-].[I-].[I-].[Pt+2].[Pt+2]. The van der Waals surface area contributed by atoms with Gasteiger partial charge in [0.25, 0.3) is 0 Å². The van der Waals surface area contributed by atoms with Crippen molar-refractivity contribution in [3.05, 3.63) is 0 Å². The van der Waals surface area contributed by atoms with Gasteiger partial charge in [0.2, 0.25) is 0 Å². The molecule has 0 rings (SSSR count). The predicted octanol–water partition coefficient (Wildman–Crippen LogP) is -12.0. The molecule has 0 saturated carbocycles. The normalized spacial score (nSPS) is 0. The summed E-state index contributed by atoms with van der Waals surface area (Å²) in [7, 11) is 0. The van der Waals surface area contributed by atoms with Crippen molar-refractivity contribution in [2.75, 3.05) is 0 Å². The van der Waals surface area contributed by atoms with Crippen LogP contribution in [0.3, 0.4) is 0 Å². The average molecular weight is 898 g/mol. The first kappa shape index (κ1) is 48.2. The van der Waals surface area contributed by atoms with Crippen LogP contribution in [0.2, 0.25) is 0 Å². The molecule has 0 aliphatic carbocycles. The Hall–Kier alpha value is 4.30. The van der Waals surface area contributed by atoms with Crippen molar-refractivity contribution >= 4 is 0 Å². The molecular formula is I4Pt2. The molecule has 0 aromatic heterocycles. The van der Waals surface area contributed by atoms with Gasteiger partial charge in [-0.3, -0.25) is 0 Å². The maximum atomic E-state index is 0. The van der Waals surface area contributed by atoms with Gasteiger partial charge < -0.3 is 95.9 Å². The van der Waals surface area contributed by atoms with Crippen LogP contribution in [-0.4, -0.2) is 0 Å². The van der Waals surface area contributed by atoms with Gasteiger partial charge in [0.05, 0.1) is 0 Å². The molecule has 48 valence electrons. The van der Waals surface area contributed by atoms with Crippen molar-refractivity contribution in [1.29, 1.82) is 0 Å². The van der Waals surface area contributed by atoms with Crippen molar-refractivity contribution < 1.29 is 138 Å². The maximum Gasteiger partial charge on any atom is 2.00 e. The van der Waals surface area contributed by atoms with Crippen LogP contribution in [0, 0.1) is 0 Å². The molecule has 0 aliphatic heterocycles. The van der Waals surface area contributed by atoms with Crippen LogP contribution in [0.25, 0.3) is 0 Å². The number of rotatable bonds is 0. The van der Waals surface area contributed by atoms with Gasteiger partial charge in [-0.1, -0.05) is 0 Å². The second kappa shape index (κ2) is 34.7. The Balaban J connectivity index is 0. The van der Waals surface area contributed by atoms with Crippen LogP contribution >= 0.6 is 0 Å². The minimum atomic E-state index is 0. The minimum Gasteiger partial charge on any atom is -1.00 e. The molecule has 0 aromatic rings. The van der Waals surface area contributed by atoms with E-state index >= 15 is 0 Å². The summed E-state index contributed by atoms with van der Waals surface area (Å²) in [6.07, 6.45) is 0. The van der Waals surface area contributed by atoms with Crippen molar-refractivity contribution in [1.82, 2.24) is 0 Å². The fourth-order valence-electron chi connectivity index (χ4n) is 0. The molecule has 0 atom stereocenters. The summed E-state index contributed by atoms with van der Waals surface area (Å²) in [5.74, 6) is 0. The van der Waals surface area contributed by atoms with Gasteiger partial charge in [0, 0.05) is 0 Å². The zero-order chi connectivity index (χ0) is 0. The van der Waals surface area contributed by atoms with Crippen LogP contribution in [-0.2, 0) is 42.1 Å².